The first-order valence-corrected chi connectivity index (χ1v) is 11.5. The second-order valence-corrected chi connectivity index (χ2v) is 9.43. The molecule has 3 unspecified atom stereocenters. The lowest BCUT2D eigenvalue weighted by atomic mass is 10.1. The highest BCUT2D eigenvalue weighted by atomic mass is 16.5. The number of carbonyl (C=O) groups is 2. The fourth-order valence-electron chi connectivity index (χ4n) is 5.67. The summed E-state index contributed by atoms with van der Waals surface area (Å²) in [6, 6.07) is 3.88. The minimum atomic E-state index is -0.648. The van der Waals surface area contributed by atoms with Gasteiger partial charge in [0.1, 0.15) is 12.9 Å². The van der Waals surface area contributed by atoms with Crippen molar-refractivity contribution >= 4 is 12.0 Å². The molecule has 34 heavy (non-hydrogen) atoms. The van der Waals surface area contributed by atoms with Crippen molar-refractivity contribution in [1.82, 2.24) is 39.9 Å². The standard InChI is InChI=1S/C22H26N8O4/c1-12-17(10-34-21(12)32)28-5-6-29(22(28)33)20-15-7-27(8-16(15)20)9-18(31)14-3-4-19(24-13(14)2)30-11-23-25-26-30/h3-4,11,15-16,18,20,31H,5-10H2,1-2H3. The van der Waals surface area contributed by atoms with Crippen molar-refractivity contribution in [2.45, 2.75) is 26.0 Å². The van der Waals surface area contributed by atoms with Crippen LogP contribution in [-0.2, 0) is 9.53 Å². The Morgan fingerprint density at radius 3 is 2.62 bits per heavy atom. The maximum atomic E-state index is 13.0. The van der Waals surface area contributed by atoms with E-state index >= 15 is 0 Å². The molecule has 3 atom stereocenters. The summed E-state index contributed by atoms with van der Waals surface area (Å²) in [6.07, 6.45) is 0.832. The quantitative estimate of drug-likeness (QED) is 0.580. The molecule has 3 fully saturated rings. The second kappa shape index (κ2) is 7.84. The number of piperidine rings is 1. The summed E-state index contributed by atoms with van der Waals surface area (Å²) >= 11 is 0. The molecule has 2 saturated heterocycles. The highest BCUT2D eigenvalue weighted by Gasteiger charge is 2.61. The van der Waals surface area contributed by atoms with Gasteiger partial charge in [0.15, 0.2) is 5.82 Å². The molecule has 0 radical (unpaired) electrons. The lowest BCUT2D eigenvalue weighted by Crippen LogP contribution is -2.39. The molecule has 2 aromatic rings. The number of hydrogen-bond donors (Lipinski definition) is 1. The molecular weight excluding hydrogens is 440 g/mol. The van der Waals surface area contributed by atoms with Crippen LogP contribution in [-0.4, -0.2) is 102 Å². The Balaban J connectivity index is 1.05. The number of aliphatic hydroxyl groups is 1. The predicted molar refractivity (Wildman–Crippen MR) is 116 cm³/mol. The van der Waals surface area contributed by atoms with Gasteiger partial charge in [-0.1, -0.05) is 6.07 Å². The number of urea groups is 1. The molecule has 1 saturated carbocycles. The molecule has 6 rings (SSSR count). The third-order valence-corrected chi connectivity index (χ3v) is 7.52. The average molecular weight is 467 g/mol. The van der Waals surface area contributed by atoms with Crippen LogP contribution in [0.5, 0.6) is 0 Å². The summed E-state index contributed by atoms with van der Waals surface area (Å²) in [7, 11) is 0. The number of β-amino-alcohol motifs (C(OH)–C–C–N with tert-alkyl or cyclic N) is 1. The van der Waals surface area contributed by atoms with Gasteiger partial charge in [0.05, 0.1) is 17.4 Å². The summed E-state index contributed by atoms with van der Waals surface area (Å²) in [5.41, 5.74) is 2.76. The number of esters is 1. The molecule has 2 aromatic heterocycles. The van der Waals surface area contributed by atoms with Crippen molar-refractivity contribution in [3.8, 4) is 5.82 Å². The zero-order valence-corrected chi connectivity index (χ0v) is 19.0. The lowest BCUT2D eigenvalue weighted by Gasteiger charge is -2.26. The number of rotatable bonds is 6. The first-order valence-electron chi connectivity index (χ1n) is 11.5. The Hall–Kier alpha value is -3.38. The van der Waals surface area contributed by atoms with Gasteiger partial charge >= 0.3 is 12.0 Å². The van der Waals surface area contributed by atoms with E-state index in [0.717, 1.165) is 24.3 Å². The highest BCUT2D eigenvalue weighted by molar-refractivity contribution is 5.92. The molecule has 0 bridgehead atoms. The van der Waals surface area contributed by atoms with Gasteiger partial charge in [0.2, 0.25) is 0 Å². The fourth-order valence-corrected chi connectivity index (χ4v) is 5.67. The molecule has 178 valence electrons. The van der Waals surface area contributed by atoms with Crippen LogP contribution in [0, 0.1) is 18.8 Å². The Morgan fingerprint density at radius 2 is 1.97 bits per heavy atom. The molecule has 5 heterocycles. The monoisotopic (exact) mass is 466 g/mol. The van der Waals surface area contributed by atoms with Crippen LogP contribution in [0.15, 0.2) is 29.7 Å². The minimum absolute atomic E-state index is 0.0250. The number of ether oxygens (including phenoxy) is 1. The normalized spacial score (nSPS) is 27.6. The maximum Gasteiger partial charge on any atom is 0.336 e. The number of aryl methyl sites for hydroxylation is 1. The van der Waals surface area contributed by atoms with E-state index in [1.165, 1.54) is 11.0 Å². The minimum Gasteiger partial charge on any atom is -0.456 e. The zero-order valence-electron chi connectivity index (χ0n) is 19.0. The number of aromatic nitrogens is 5. The van der Waals surface area contributed by atoms with Crippen molar-refractivity contribution < 1.29 is 19.4 Å². The Morgan fingerprint density at radius 1 is 1.18 bits per heavy atom. The van der Waals surface area contributed by atoms with E-state index < -0.39 is 6.10 Å². The number of tetrazole rings is 1. The van der Waals surface area contributed by atoms with Crippen LogP contribution in [0.1, 0.15) is 24.3 Å². The smallest absolute Gasteiger partial charge is 0.336 e. The first kappa shape index (κ1) is 21.2. The summed E-state index contributed by atoms with van der Waals surface area (Å²) in [5.74, 6) is 1.12. The Kier molecular flexibility index (Phi) is 4.88. The van der Waals surface area contributed by atoms with Gasteiger partial charge in [-0.05, 0) is 42.2 Å². The summed E-state index contributed by atoms with van der Waals surface area (Å²) in [6.45, 7) is 7.26. The van der Waals surface area contributed by atoms with E-state index in [1.54, 1.807) is 17.9 Å². The molecule has 12 heteroatoms. The molecule has 2 amide bonds. The van der Waals surface area contributed by atoms with Gasteiger partial charge in [-0.3, -0.25) is 9.80 Å². The molecule has 3 aliphatic heterocycles. The SMILES string of the molecule is CC1=C(N2CCN(C3C4CN(CC(O)c5ccc(-n6cnnn6)nc5C)CC43)C2=O)COC1=O. The third-order valence-electron chi connectivity index (χ3n) is 7.52. The third kappa shape index (κ3) is 3.36. The van der Waals surface area contributed by atoms with E-state index in [1.807, 2.05) is 17.9 Å². The van der Waals surface area contributed by atoms with E-state index in [0.29, 0.717) is 48.6 Å². The first-order chi connectivity index (χ1) is 16.4. The lowest BCUT2D eigenvalue weighted by molar-refractivity contribution is -0.136. The topological polar surface area (TPSA) is 130 Å². The highest BCUT2D eigenvalue weighted by Crippen LogP contribution is 2.50. The molecule has 0 spiro atoms. The van der Waals surface area contributed by atoms with Crippen molar-refractivity contribution in [1.29, 1.82) is 0 Å². The molecule has 1 aliphatic carbocycles. The number of nitrogens with zero attached hydrogens (tertiary/aromatic N) is 8. The fraction of sp³-hybridized carbons (Fsp3) is 0.545. The van der Waals surface area contributed by atoms with E-state index in [-0.39, 0.29) is 24.6 Å². The van der Waals surface area contributed by atoms with Crippen LogP contribution in [0.3, 0.4) is 0 Å². The van der Waals surface area contributed by atoms with Gasteiger partial charge < -0.3 is 14.7 Å². The maximum absolute atomic E-state index is 13.0. The molecule has 1 N–H and O–H groups in total. The summed E-state index contributed by atoms with van der Waals surface area (Å²) < 4.78 is 6.56. The van der Waals surface area contributed by atoms with Crippen LogP contribution >= 0.6 is 0 Å². The van der Waals surface area contributed by atoms with Gasteiger partial charge in [0.25, 0.3) is 0 Å². The number of hydrogen-bond acceptors (Lipinski definition) is 9. The summed E-state index contributed by atoms with van der Waals surface area (Å²) in [4.78, 5) is 35.1. The number of carbonyl (C=O) groups excluding carboxylic acids is 2. The number of pyridine rings is 1. The largest absolute Gasteiger partial charge is 0.456 e. The van der Waals surface area contributed by atoms with Gasteiger partial charge in [0, 0.05) is 50.0 Å². The van der Waals surface area contributed by atoms with Gasteiger partial charge in [-0.15, -0.1) is 5.10 Å². The summed E-state index contributed by atoms with van der Waals surface area (Å²) in [5, 5.41) is 22.0. The van der Waals surface area contributed by atoms with Crippen molar-refractivity contribution in [2.75, 3.05) is 39.3 Å². The van der Waals surface area contributed by atoms with Crippen molar-refractivity contribution in [3.05, 3.63) is 41.0 Å². The molecule has 4 aliphatic rings. The number of aliphatic hydroxyl groups excluding tert-OH is 1. The Bertz CT molecular complexity index is 1170. The van der Waals surface area contributed by atoms with E-state index in [2.05, 4.69) is 25.4 Å². The van der Waals surface area contributed by atoms with E-state index in [9.17, 15) is 14.7 Å². The number of cyclic esters (lactones) is 1. The van der Waals surface area contributed by atoms with Crippen molar-refractivity contribution in [3.63, 3.8) is 0 Å². The second-order valence-electron chi connectivity index (χ2n) is 9.43. The molecular formula is C22H26N8O4. The van der Waals surface area contributed by atoms with Gasteiger partial charge in [-0.2, -0.15) is 4.68 Å². The average Bonchev–Trinajstić information content (AvgIpc) is 3.37. The van der Waals surface area contributed by atoms with Gasteiger partial charge in [-0.25, -0.2) is 14.6 Å². The Labute approximate surface area is 195 Å². The molecule has 12 nitrogen and oxygen atoms in total. The number of fused-ring (bicyclic) bond motifs is 1. The van der Waals surface area contributed by atoms with Crippen LogP contribution in [0.25, 0.3) is 5.82 Å². The predicted octanol–water partition coefficient (Wildman–Crippen LogP) is -0.102. The number of likely N-dealkylation sites (tertiary alicyclic amines) is 1. The van der Waals surface area contributed by atoms with Crippen molar-refractivity contribution in [2.24, 2.45) is 11.8 Å². The van der Waals surface area contributed by atoms with E-state index in [4.69, 9.17) is 4.74 Å². The molecule has 0 aromatic carbocycles. The van der Waals surface area contributed by atoms with Crippen LogP contribution in [0.4, 0.5) is 4.79 Å². The number of amides is 2. The van der Waals surface area contributed by atoms with Crippen LogP contribution in [0.2, 0.25) is 0 Å². The zero-order chi connectivity index (χ0) is 23.6. The van der Waals surface area contributed by atoms with Crippen LogP contribution < -0.4 is 0 Å².